The molecule has 2 heterocycles. The molecular formula is C9H12N2O. The molecule has 0 aliphatic carbocycles. The summed E-state index contributed by atoms with van der Waals surface area (Å²) in [6, 6.07) is 5.40. The van der Waals surface area contributed by atoms with E-state index >= 15 is 0 Å². The first-order valence-electron chi connectivity index (χ1n) is 4.23. The van der Waals surface area contributed by atoms with Crippen LogP contribution in [0.2, 0.25) is 0 Å². The van der Waals surface area contributed by atoms with Gasteiger partial charge in [0.1, 0.15) is 0 Å². The van der Waals surface area contributed by atoms with Crippen LogP contribution in [0.5, 0.6) is 0 Å². The predicted octanol–water partition coefficient (Wildman–Crippen LogP) is 0.294. The van der Waals surface area contributed by atoms with E-state index in [9.17, 15) is 4.79 Å². The molecule has 1 unspecified atom stereocenters. The van der Waals surface area contributed by atoms with Crippen LogP contribution in [0.4, 0.5) is 0 Å². The van der Waals surface area contributed by atoms with Crippen molar-refractivity contribution in [2.24, 2.45) is 5.73 Å². The zero-order chi connectivity index (χ0) is 8.55. The maximum Gasteiger partial charge on any atom is 0.250 e. The molecule has 1 aromatic rings. The molecule has 0 amide bonds. The molecule has 2 N–H and O–H groups in total. The van der Waals surface area contributed by atoms with Crippen LogP contribution in [0.3, 0.4) is 0 Å². The number of nitrogens with zero attached hydrogens (tertiary/aromatic N) is 1. The van der Waals surface area contributed by atoms with E-state index < -0.39 is 0 Å². The largest absolute Gasteiger partial charge is 0.330 e. The summed E-state index contributed by atoms with van der Waals surface area (Å²) >= 11 is 0. The van der Waals surface area contributed by atoms with Crippen LogP contribution in [0.15, 0.2) is 23.0 Å². The monoisotopic (exact) mass is 164 g/mol. The highest BCUT2D eigenvalue weighted by atomic mass is 16.1. The summed E-state index contributed by atoms with van der Waals surface area (Å²) in [5, 5.41) is 0. The molecule has 3 nitrogen and oxygen atoms in total. The Bertz CT molecular complexity index is 343. The molecule has 0 fully saturated rings. The Morgan fingerprint density at radius 3 is 3.17 bits per heavy atom. The van der Waals surface area contributed by atoms with Crippen LogP contribution in [-0.2, 0) is 6.54 Å². The molecule has 1 atom stereocenters. The van der Waals surface area contributed by atoms with E-state index in [1.165, 1.54) is 0 Å². The molecule has 12 heavy (non-hydrogen) atoms. The molecule has 2 rings (SSSR count). The minimum Gasteiger partial charge on any atom is -0.330 e. The average Bonchev–Trinajstić information content (AvgIpc) is 2.49. The van der Waals surface area contributed by atoms with Crippen molar-refractivity contribution in [3.63, 3.8) is 0 Å². The Labute approximate surface area is 70.8 Å². The molecule has 1 aliphatic heterocycles. The lowest BCUT2D eigenvalue weighted by molar-refractivity contribution is 0.666. The van der Waals surface area contributed by atoms with Gasteiger partial charge in [-0.3, -0.25) is 4.79 Å². The van der Waals surface area contributed by atoms with Gasteiger partial charge in [-0.2, -0.15) is 0 Å². The molecule has 1 aliphatic rings. The fraction of sp³-hybridized carbons (Fsp3) is 0.444. The molecule has 0 saturated heterocycles. The van der Waals surface area contributed by atoms with Crippen molar-refractivity contribution in [2.45, 2.75) is 18.9 Å². The van der Waals surface area contributed by atoms with Crippen LogP contribution >= 0.6 is 0 Å². The maximum absolute atomic E-state index is 11.3. The normalized spacial score (nSPS) is 20.9. The fourth-order valence-electron chi connectivity index (χ4n) is 1.80. The van der Waals surface area contributed by atoms with Crippen molar-refractivity contribution < 1.29 is 0 Å². The van der Waals surface area contributed by atoms with E-state index in [0.29, 0.717) is 12.5 Å². The quantitative estimate of drug-likeness (QED) is 0.648. The second kappa shape index (κ2) is 2.75. The van der Waals surface area contributed by atoms with E-state index in [1.807, 2.05) is 16.7 Å². The Hall–Kier alpha value is -1.09. The van der Waals surface area contributed by atoms with Crippen molar-refractivity contribution in [2.75, 3.05) is 6.54 Å². The first kappa shape index (κ1) is 7.55. The lowest BCUT2D eigenvalue weighted by Crippen LogP contribution is -2.18. The van der Waals surface area contributed by atoms with E-state index in [2.05, 4.69) is 0 Å². The van der Waals surface area contributed by atoms with Gasteiger partial charge in [-0.1, -0.05) is 6.07 Å². The maximum atomic E-state index is 11.3. The summed E-state index contributed by atoms with van der Waals surface area (Å²) in [5.41, 5.74) is 6.79. The Morgan fingerprint density at radius 2 is 2.42 bits per heavy atom. The number of pyridine rings is 1. The standard InChI is InChI=1S/C9H12N2O/c10-6-7-4-5-11-8(7)2-1-3-9(11)12/h1-3,7H,4-6,10H2. The molecule has 0 radical (unpaired) electrons. The second-order valence-corrected chi connectivity index (χ2v) is 3.16. The van der Waals surface area contributed by atoms with Gasteiger partial charge in [0.25, 0.3) is 5.56 Å². The fourth-order valence-corrected chi connectivity index (χ4v) is 1.80. The number of hydrogen-bond donors (Lipinski definition) is 1. The third-order valence-corrected chi connectivity index (χ3v) is 2.49. The van der Waals surface area contributed by atoms with Gasteiger partial charge in [0.2, 0.25) is 0 Å². The van der Waals surface area contributed by atoms with Gasteiger partial charge < -0.3 is 10.3 Å². The van der Waals surface area contributed by atoms with Gasteiger partial charge in [-0.25, -0.2) is 0 Å². The van der Waals surface area contributed by atoms with Crippen molar-refractivity contribution >= 4 is 0 Å². The molecule has 3 heteroatoms. The summed E-state index contributed by atoms with van der Waals surface area (Å²) in [7, 11) is 0. The van der Waals surface area contributed by atoms with E-state index in [-0.39, 0.29) is 5.56 Å². The predicted molar refractivity (Wildman–Crippen MR) is 47.1 cm³/mol. The zero-order valence-corrected chi connectivity index (χ0v) is 6.86. The van der Waals surface area contributed by atoms with Crippen molar-refractivity contribution in [3.05, 3.63) is 34.2 Å². The summed E-state index contributed by atoms with van der Waals surface area (Å²) in [6.45, 7) is 1.47. The number of hydrogen-bond acceptors (Lipinski definition) is 2. The molecule has 0 saturated carbocycles. The zero-order valence-electron chi connectivity index (χ0n) is 6.86. The van der Waals surface area contributed by atoms with Gasteiger partial charge >= 0.3 is 0 Å². The lowest BCUT2D eigenvalue weighted by Gasteiger charge is -2.06. The number of nitrogens with two attached hydrogens (primary N) is 1. The van der Waals surface area contributed by atoms with Crippen LogP contribution < -0.4 is 11.3 Å². The van der Waals surface area contributed by atoms with Crippen molar-refractivity contribution in [1.29, 1.82) is 0 Å². The molecular weight excluding hydrogens is 152 g/mol. The number of aromatic nitrogens is 1. The van der Waals surface area contributed by atoms with E-state index in [1.54, 1.807) is 6.07 Å². The Balaban J connectivity index is 2.53. The summed E-state index contributed by atoms with van der Waals surface area (Å²) < 4.78 is 1.82. The van der Waals surface area contributed by atoms with Crippen LogP contribution in [0.1, 0.15) is 18.0 Å². The minimum absolute atomic E-state index is 0.100. The Kier molecular flexibility index (Phi) is 1.73. The smallest absolute Gasteiger partial charge is 0.250 e. The SMILES string of the molecule is NCC1CCn2c1cccc2=O. The number of rotatable bonds is 1. The lowest BCUT2D eigenvalue weighted by atomic mass is 10.1. The molecule has 64 valence electrons. The first-order chi connectivity index (χ1) is 5.83. The van der Waals surface area contributed by atoms with Gasteiger partial charge in [0, 0.05) is 30.8 Å². The van der Waals surface area contributed by atoms with Gasteiger partial charge in [0.05, 0.1) is 0 Å². The minimum atomic E-state index is 0.100. The van der Waals surface area contributed by atoms with Gasteiger partial charge in [-0.05, 0) is 12.5 Å². The molecule has 1 aromatic heterocycles. The summed E-state index contributed by atoms with van der Waals surface area (Å²) in [5.74, 6) is 0.388. The second-order valence-electron chi connectivity index (χ2n) is 3.16. The topological polar surface area (TPSA) is 48.0 Å². The molecule has 0 bridgehead atoms. The third kappa shape index (κ3) is 0.975. The highest BCUT2D eigenvalue weighted by Gasteiger charge is 2.20. The van der Waals surface area contributed by atoms with Crippen molar-refractivity contribution in [3.8, 4) is 0 Å². The highest BCUT2D eigenvalue weighted by molar-refractivity contribution is 5.15. The third-order valence-electron chi connectivity index (χ3n) is 2.49. The van der Waals surface area contributed by atoms with Crippen LogP contribution in [-0.4, -0.2) is 11.1 Å². The number of fused-ring (bicyclic) bond motifs is 1. The first-order valence-corrected chi connectivity index (χ1v) is 4.23. The average molecular weight is 164 g/mol. The summed E-state index contributed by atoms with van der Waals surface area (Å²) in [6.07, 6.45) is 1.01. The Morgan fingerprint density at radius 1 is 1.58 bits per heavy atom. The van der Waals surface area contributed by atoms with Gasteiger partial charge in [0.15, 0.2) is 0 Å². The van der Waals surface area contributed by atoms with E-state index in [0.717, 1.165) is 18.7 Å². The van der Waals surface area contributed by atoms with Crippen LogP contribution in [0.25, 0.3) is 0 Å². The van der Waals surface area contributed by atoms with E-state index in [4.69, 9.17) is 5.73 Å². The molecule has 0 spiro atoms. The summed E-state index contributed by atoms with van der Waals surface area (Å²) in [4.78, 5) is 11.3. The van der Waals surface area contributed by atoms with Crippen LogP contribution in [0, 0.1) is 0 Å². The molecule has 0 aromatic carbocycles. The van der Waals surface area contributed by atoms with Crippen molar-refractivity contribution in [1.82, 2.24) is 4.57 Å². The highest BCUT2D eigenvalue weighted by Crippen LogP contribution is 2.24. The van der Waals surface area contributed by atoms with Gasteiger partial charge in [-0.15, -0.1) is 0 Å².